The Labute approximate surface area is 159 Å². The number of hydrogen-bond acceptors (Lipinski definition) is 3. The van der Waals surface area contributed by atoms with Crippen LogP contribution in [0.5, 0.6) is 11.5 Å². The van der Waals surface area contributed by atoms with Gasteiger partial charge in [0.25, 0.3) is 0 Å². The molecule has 2 aliphatic carbocycles. The lowest BCUT2D eigenvalue weighted by molar-refractivity contribution is -0.139. The Balaban J connectivity index is 1.56. The molecule has 0 saturated heterocycles. The monoisotopic (exact) mass is 392 g/mol. The maximum Gasteiger partial charge on any atom is 0.416 e. The van der Waals surface area contributed by atoms with E-state index in [0.29, 0.717) is 41.9 Å². The Morgan fingerprint density at radius 3 is 2.61 bits per heavy atom. The molecular weight excluding hydrogens is 373 g/mol. The first kappa shape index (κ1) is 18.7. The number of alkyl halides is 3. The van der Waals surface area contributed by atoms with Crippen LogP contribution in [0.15, 0.2) is 36.4 Å². The molecule has 3 atom stereocenters. The van der Waals surface area contributed by atoms with E-state index >= 15 is 0 Å². The zero-order chi connectivity index (χ0) is 20.1. The quantitative estimate of drug-likeness (QED) is 0.781. The molecule has 0 amide bonds. The number of hydrogen-bond donors (Lipinski definition) is 1. The van der Waals surface area contributed by atoms with Crippen molar-refractivity contribution in [2.24, 2.45) is 5.92 Å². The molecule has 28 heavy (non-hydrogen) atoms. The second-order valence-corrected chi connectivity index (χ2v) is 7.21. The second-order valence-electron chi connectivity index (χ2n) is 7.21. The van der Waals surface area contributed by atoms with E-state index in [4.69, 9.17) is 14.6 Å². The van der Waals surface area contributed by atoms with Gasteiger partial charge >= 0.3 is 12.1 Å². The van der Waals surface area contributed by atoms with Crippen molar-refractivity contribution in [3.8, 4) is 11.5 Å². The summed E-state index contributed by atoms with van der Waals surface area (Å²) >= 11 is 0. The lowest BCUT2D eigenvalue weighted by atomic mass is 10.0. The van der Waals surface area contributed by atoms with Crippen LogP contribution in [-0.2, 0) is 17.4 Å². The Hall–Kier alpha value is -2.70. The minimum absolute atomic E-state index is 0.0805. The number of methoxy groups -OCH3 is 1. The van der Waals surface area contributed by atoms with Crippen molar-refractivity contribution in [2.75, 3.05) is 7.11 Å². The van der Waals surface area contributed by atoms with E-state index in [-0.39, 0.29) is 5.92 Å². The van der Waals surface area contributed by atoms with Crippen LogP contribution in [0.2, 0.25) is 0 Å². The minimum atomic E-state index is -4.38. The molecule has 0 heterocycles. The normalized spacial score (nSPS) is 23.2. The first-order valence-electron chi connectivity index (χ1n) is 9.06. The van der Waals surface area contributed by atoms with Gasteiger partial charge in [-0.15, -0.1) is 0 Å². The molecule has 1 fully saturated rings. The molecule has 2 aromatic carbocycles. The molecule has 1 saturated carbocycles. The van der Waals surface area contributed by atoms with Gasteiger partial charge in [-0.2, -0.15) is 13.2 Å². The SMILES string of the molecule is COc1cc(O[C@@H]2CCc3c2cccc3C(F)(F)F)ccc1[C@@H]1C[C@H]1C(=O)O. The van der Waals surface area contributed by atoms with E-state index in [2.05, 4.69) is 0 Å². The number of benzene rings is 2. The van der Waals surface area contributed by atoms with Crippen LogP contribution in [-0.4, -0.2) is 18.2 Å². The third kappa shape index (κ3) is 3.30. The van der Waals surface area contributed by atoms with Crippen molar-refractivity contribution in [1.29, 1.82) is 0 Å². The van der Waals surface area contributed by atoms with Gasteiger partial charge in [-0.05, 0) is 48.1 Å². The van der Waals surface area contributed by atoms with E-state index in [1.165, 1.54) is 13.2 Å². The Morgan fingerprint density at radius 1 is 1.18 bits per heavy atom. The average Bonchev–Trinajstić information content (AvgIpc) is 3.36. The van der Waals surface area contributed by atoms with Crippen LogP contribution in [0.4, 0.5) is 13.2 Å². The molecule has 4 nitrogen and oxygen atoms in total. The summed E-state index contributed by atoms with van der Waals surface area (Å²) in [5, 5.41) is 9.12. The Kier molecular flexibility index (Phi) is 4.48. The van der Waals surface area contributed by atoms with E-state index < -0.39 is 29.7 Å². The standard InChI is InChI=1S/C21H19F3O4/c1-27-19-9-11(5-6-14(19)15-10-16(15)20(25)26)28-18-8-7-12-13(18)3-2-4-17(12)21(22,23)24/h2-6,9,15-16,18H,7-8,10H2,1H3,(H,25,26)/t15-,16+,18+/m0/s1. The third-order valence-electron chi connectivity index (χ3n) is 5.51. The van der Waals surface area contributed by atoms with Crippen molar-refractivity contribution in [3.63, 3.8) is 0 Å². The molecule has 7 heteroatoms. The predicted molar refractivity (Wildman–Crippen MR) is 94.6 cm³/mol. The molecule has 2 aromatic rings. The average molecular weight is 392 g/mol. The molecule has 2 aliphatic rings. The number of rotatable bonds is 5. The molecule has 0 aliphatic heterocycles. The molecule has 0 aromatic heterocycles. The van der Waals surface area contributed by atoms with Crippen LogP contribution in [0, 0.1) is 5.92 Å². The summed E-state index contributed by atoms with van der Waals surface area (Å²) in [6, 6.07) is 9.37. The van der Waals surface area contributed by atoms with E-state index in [1.807, 2.05) is 0 Å². The number of carboxylic acid groups (broad SMARTS) is 1. The summed E-state index contributed by atoms with van der Waals surface area (Å²) in [6.07, 6.45) is -3.48. The fourth-order valence-corrected chi connectivity index (χ4v) is 4.05. The molecule has 0 spiro atoms. The third-order valence-corrected chi connectivity index (χ3v) is 5.51. The van der Waals surface area contributed by atoms with Gasteiger partial charge in [0.2, 0.25) is 0 Å². The number of carboxylic acids is 1. The molecule has 0 radical (unpaired) electrons. The van der Waals surface area contributed by atoms with Crippen molar-refractivity contribution in [3.05, 3.63) is 58.7 Å². The maximum absolute atomic E-state index is 13.2. The van der Waals surface area contributed by atoms with Gasteiger partial charge in [0.1, 0.15) is 17.6 Å². The highest BCUT2D eigenvalue weighted by Crippen LogP contribution is 2.51. The van der Waals surface area contributed by atoms with Gasteiger partial charge in [0.15, 0.2) is 0 Å². The van der Waals surface area contributed by atoms with E-state index in [9.17, 15) is 18.0 Å². The number of fused-ring (bicyclic) bond motifs is 1. The van der Waals surface area contributed by atoms with Crippen molar-refractivity contribution < 1.29 is 32.5 Å². The smallest absolute Gasteiger partial charge is 0.416 e. The Morgan fingerprint density at radius 2 is 1.96 bits per heavy atom. The molecular formula is C21H19F3O4. The first-order chi connectivity index (χ1) is 13.3. The van der Waals surface area contributed by atoms with Gasteiger partial charge in [-0.1, -0.05) is 18.2 Å². The highest BCUT2D eigenvalue weighted by atomic mass is 19.4. The fraction of sp³-hybridized carbons (Fsp3) is 0.381. The van der Waals surface area contributed by atoms with Gasteiger partial charge in [-0.3, -0.25) is 4.79 Å². The largest absolute Gasteiger partial charge is 0.496 e. The molecule has 0 unspecified atom stereocenters. The highest BCUT2D eigenvalue weighted by Gasteiger charge is 2.45. The number of halogens is 3. The Bertz CT molecular complexity index is 922. The summed E-state index contributed by atoms with van der Waals surface area (Å²) < 4.78 is 51.0. The van der Waals surface area contributed by atoms with E-state index in [0.717, 1.165) is 11.6 Å². The predicted octanol–water partition coefficient (Wildman–Crippen LogP) is 4.97. The van der Waals surface area contributed by atoms with Crippen LogP contribution >= 0.6 is 0 Å². The first-order valence-corrected chi connectivity index (χ1v) is 9.06. The van der Waals surface area contributed by atoms with Crippen LogP contribution < -0.4 is 9.47 Å². The van der Waals surface area contributed by atoms with Crippen molar-refractivity contribution in [1.82, 2.24) is 0 Å². The zero-order valence-electron chi connectivity index (χ0n) is 15.1. The lowest BCUT2D eigenvalue weighted by Crippen LogP contribution is -2.09. The second kappa shape index (κ2) is 6.72. The fourth-order valence-electron chi connectivity index (χ4n) is 4.05. The molecule has 0 bridgehead atoms. The lowest BCUT2D eigenvalue weighted by Gasteiger charge is -2.18. The van der Waals surface area contributed by atoms with Crippen molar-refractivity contribution in [2.45, 2.75) is 37.5 Å². The summed E-state index contributed by atoms with van der Waals surface area (Å²) in [4.78, 5) is 11.1. The number of ether oxygens (including phenoxy) is 2. The molecule has 4 rings (SSSR count). The van der Waals surface area contributed by atoms with Gasteiger partial charge in [-0.25, -0.2) is 0 Å². The van der Waals surface area contributed by atoms with E-state index in [1.54, 1.807) is 24.3 Å². The number of aliphatic carboxylic acids is 1. The van der Waals surface area contributed by atoms with Gasteiger partial charge in [0, 0.05) is 12.0 Å². The van der Waals surface area contributed by atoms with Crippen molar-refractivity contribution >= 4 is 5.97 Å². The minimum Gasteiger partial charge on any atom is -0.496 e. The van der Waals surface area contributed by atoms with Gasteiger partial charge in [0.05, 0.1) is 18.6 Å². The maximum atomic E-state index is 13.2. The van der Waals surface area contributed by atoms with Gasteiger partial charge < -0.3 is 14.6 Å². The summed E-state index contributed by atoms with van der Waals surface area (Å²) in [7, 11) is 1.50. The topological polar surface area (TPSA) is 55.8 Å². The highest BCUT2D eigenvalue weighted by molar-refractivity contribution is 5.75. The summed E-state index contributed by atoms with van der Waals surface area (Å²) in [5.41, 5.74) is 1.07. The molecule has 148 valence electrons. The zero-order valence-corrected chi connectivity index (χ0v) is 15.1. The molecule has 1 N–H and O–H groups in total. The van der Waals surface area contributed by atoms with Crippen LogP contribution in [0.3, 0.4) is 0 Å². The van der Waals surface area contributed by atoms with Crippen LogP contribution in [0.25, 0.3) is 0 Å². The summed E-state index contributed by atoms with van der Waals surface area (Å²) in [5.74, 6) is -0.279. The van der Waals surface area contributed by atoms with Crippen LogP contribution in [0.1, 0.15) is 47.1 Å². The number of carbonyl (C=O) groups is 1. The summed E-state index contributed by atoms with van der Waals surface area (Å²) in [6.45, 7) is 0.